The zero-order valence-corrected chi connectivity index (χ0v) is 21.9. The van der Waals surface area contributed by atoms with Gasteiger partial charge in [-0.2, -0.15) is 0 Å². The SMILES string of the molecule is O=C(C[N+]12CCC(CC1)C(OC(=O)C(O)(c1ccccc1)c1ccccc1)C2)NCCCN1CCCC1=O. The van der Waals surface area contributed by atoms with E-state index in [9.17, 15) is 19.5 Å². The van der Waals surface area contributed by atoms with Gasteiger partial charge in [0.05, 0.1) is 13.1 Å². The van der Waals surface area contributed by atoms with Gasteiger partial charge in [-0.3, -0.25) is 9.59 Å². The summed E-state index contributed by atoms with van der Waals surface area (Å²) in [5, 5.41) is 14.8. The molecule has 4 aliphatic rings. The zero-order valence-electron chi connectivity index (χ0n) is 21.9. The number of nitrogens with one attached hydrogen (secondary N) is 1. The number of likely N-dealkylation sites (tertiary alicyclic amines) is 1. The van der Waals surface area contributed by atoms with Gasteiger partial charge in [-0.1, -0.05) is 60.7 Å². The highest BCUT2D eigenvalue weighted by atomic mass is 16.6. The molecular formula is C30H38N3O5+. The maximum absolute atomic E-state index is 13.7. The van der Waals surface area contributed by atoms with Crippen molar-refractivity contribution in [2.75, 3.05) is 45.8 Å². The van der Waals surface area contributed by atoms with Crippen LogP contribution in [-0.2, 0) is 24.7 Å². The lowest BCUT2D eigenvalue weighted by atomic mass is 9.82. The molecule has 8 heteroatoms. The highest BCUT2D eigenvalue weighted by Gasteiger charge is 2.51. The number of rotatable bonds is 10. The van der Waals surface area contributed by atoms with E-state index in [2.05, 4.69) is 5.32 Å². The van der Waals surface area contributed by atoms with Crippen LogP contribution in [0.25, 0.3) is 0 Å². The number of amides is 2. The summed E-state index contributed by atoms with van der Waals surface area (Å²) in [7, 11) is 0. The summed E-state index contributed by atoms with van der Waals surface area (Å²) in [6.45, 7) is 4.75. The molecule has 2 aromatic rings. The monoisotopic (exact) mass is 520 g/mol. The minimum Gasteiger partial charge on any atom is -0.453 e. The second-order valence-corrected chi connectivity index (χ2v) is 11.0. The number of piperidine rings is 3. The minimum absolute atomic E-state index is 0.00625. The first-order chi connectivity index (χ1) is 18.4. The first-order valence-electron chi connectivity index (χ1n) is 13.8. The van der Waals surface area contributed by atoms with Crippen molar-refractivity contribution >= 4 is 17.8 Å². The van der Waals surface area contributed by atoms with E-state index in [1.165, 1.54) is 0 Å². The number of carbonyl (C=O) groups is 3. The van der Waals surface area contributed by atoms with Gasteiger partial charge in [0.15, 0.2) is 12.6 Å². The van der Waals surface area contributed by atoms with Crippen LogP contribution in [0.3, 0.4) is 0 Å². The fourth-order valence-electron chi connectivity index (χ4n) is 6.36. The Labute approximate surface area is 224 Å². The highest BCUT2D eigenvalue weighted by Crippen LogP contribution is 2.38. The number of hydrogen-bond donors (Lipinski definition) is 2. The second-order valence-electron chi connectivity index (χ2n) is 11.0. The third-order valence-corrected chi connectivity index (χ3v) is 8.56. The number of aliphatic hydroxyl groups is 1. The van der Waals surface area contributed by atoms with Gasteiger partial charge < -0.3 is 24.5 Å². The molecule has 6 rings (SSSR count). The largest absolute Gasteiger partial charge is 0.453 e. The molecule has 1 unspecified atom stereocenters. The van der Waals surface area contributed by atoms with Gasteiger partial charge in [0.25, 0.3) is 5.91 Å². The van der Waals surface area contributed by atoms with Crippen molar-refractivity contribution in [1.82, 2.24) is 10.2 Å². The molecule has 4 heterocycles. The first-order valence-corrected chi connectivity index (χ1v) is 13.8. The molecule has 2 aromatic carbocycles. The van der Waals surface area contributed by atoms with Crippen LogP contribution in [0.2, 0.25) is 0 Å². The van der Waals surface area contributed by atoms with E-state index in [1.807, 2.05) is 17.0 Å². The molecule has 0 spiro atoms. The van der Waals surface area contributed by atoms with Gasteiger partial charge >= 0.3 is 5.97 Å². The molecule has 1 atom stereocenters. The van der Waals surface area contributed by atoms with Crippen LogP contribution in [0, 0.1) is 5.92 Å². The van der Waals surface area contributed by atoms with Crippen LogP contribution in [0.1, 0.15) is 43.2 Å². The van der Waals surface area contributed by atoms with Crippen LogP contribution in [-0.4, -0.2) is 84.2 Å². The Bertz CT molecular complexity index is 1090. The standard InChI is InChI=1S/C30H37N3O5/c34-27(31-16-8-18-32-17-7-13-28(32)35)22-33-19-14-23(15-20-33)26(21-33)38-29(36)30(37,24-9-3-1-4-10-24)25-11-5-2-6-12-25/h1-6,9-12,23,26,37H,7-8,13-22H2/p+1. The maximum atomic E-state index is 13.7. The Morgan fingerprint density at radius 2 is 1.66 bits per heavy atom. The molecule has 0 aromatic heterocycles. The zero-order chi connectivity index (χ0) is 26.6. The third-order valence-electron chi connectivity index (χ3n) is 8.56. The number of esters is 1. The summed E-state index contributed by atoms with van der Waals surface area (Å²) in [4.78, 5) is 40.1. The van der Waals surface area contributed by atoms with Crippen LogP contribution < -0.4 is 5.32 Å². The van der Waals surface area contributed by atoms with E-state index in [1.54, 1.807) is 48.5 Å². The van der Waals surface area contributed by atoms with Crippen molar-refractivity contribution in [3.8, 4) is 0 Å². The average Bonchev–Trinajstić information content (AvgIpc) is 3.36. The van der Waals surface area contributed by atoms with Gasteiger partial charge in [-0.25, -0.2) is 4.79 Å². The molecule has 0 radical (unpaired) electrons. The fraction of sp³-hybridized carbons (Fsp3) is 0.500. The summed E-state index contributed by atoms with van der Waals surface area (Å²) in [6.07, 6.45) is 3.73. The molecule has 2 amide bonds. The number of fused-ring (bicyclic) bond motifs is 3. The summed E-state index contributed by atoms with van der Waals surface area (Å²) >= 11 is 0. The van der Waals surface area contributed by atoms with E-state index in [-0.39, 0.29) is 23.8 Å². The molecule has 0 saturated carbocycles. The molecule has 38 heavy (non-hydrogen) atoms. The smallest absolute Gasteiger partial charge is 0.348 e. The molecular weight excluding hydrogens is 482 g/mol. The Morgan fingerprint density at radius 3 is 2.24 bits per heavy atom. The van der Waals surface area contributed by atoms with Crippen LogP contribution >= 0.6 is 0 Å². The van der Waals surface area contributed by atoms with Gasteiger partial charge in [0.2, 0.25) is 11.5 Å². The number of hydrogen-bond acceptors (Lipinski definition) is 5. The van der Waals surface area contributed by atoms with Crippen molar-refractivity contribution in [3.63, 3.8) is 0 Å². The van der Waals surface area contributed by atoms with E-state index < -0.39 is 11.6 Å². The van der Waals surface area contributed by atoms with E-state index in [4.69, 9.17) is 4.74 Å². The van der Waals surface area contributed by atoms with Gasteiger partial charge in [-0.05, 0) is 24.0 Å². The lowest BCUT2D eigenvalue weighted by Crippen LogP contribution is -2.67. The second kappa shape index (κ2) is 11.3. The summed E-state index contributed by atoms with van der Waals surface area (Å²) < 4.78 is 6.69. The lowest BCUT2D eigenvalue weighted by Gasteiger charge is -2.51. The quantitative estimate of drug-likeness (QED) is 0.285. The van der Waals surface area contributed by atoms with Gasteiger partial charge in [-0.15, -0.1) is 0 Å². The molecule has 8 nitrogen and oxygen atoms in total. The molecule has 2 bridgehead atoms. The average molecular weight is 521 g/mol. The van der Waals surface area contributed by atoms with Crippen molar-refractivity contribution in [2.24, 2.45) is 5.92 Å². The van der Waals surface area contributed by atoms with E-state index >= 15 is 0 Å². The van der Waals surface area contributed by atoms with E-state index in [0.29, 0.717) is 48.2 Å². The summed E-state index contributed by atoms with van der Waals surface area (Å²) in [6, 6.07) is 17.8. The molecule has 4 fully saturated rings. The predicted octanol–water partition coefficient (Wildman–Crippen LogP) is 2.20. The Kier molecular flexibility index (Phi) is 7.81. The van der Waals surface area contributed by atoms with Crippen molar-refractivity contribution in [3.05, 3.63) is 71.8 Å². The molecule has 0 aliphatic carbocycles. The number of ether oxygens (including phenoxy) is 1. The Morgan fingerprint density at radius 1 is 1.03 bits per heavy atom. The fourth-order valence-corrected chi connectivity index (χ4v) is 6.36. The van der Waals surface area contributed by atoms with Gasteiger partial charge in [0, 0.05) is 44.8 Å². The molecule has 202 valence electrons. The van der Waals surface area contributed by atoms with Crippen molar-refractivity contribution in [1.29, 1.82) is 0 Å². The Balaban J connectivity index is 1.21. The third kappa shape index (κ3) is 5.47. The highest BCUT2D eigenvalue weighted by molar-refractivity contribution is 5.85. The number of carbonyl (C=O) groups excluding carboxylic acids is 3. The lowest BCUT2D eigenvalue weighted by molar-refractivity contribution is -0.939. The number of quaternary nitrogens is 1. The van der Waals surface area contributed by atoms with Crippen LogP contribution in [0.4, 0.5) is 0 Å². The van der Waals surface area contributed by atoms with Crippen LogP contribution in [0.5, 0.6) is 0 Å². The number of nitrogens with zero attached hydrogens (tertiary/aromatic N) is 2. The normalized spacial score (nSPS) is 24.9. The molecule has 4 aliphatic heterocycles. The molecule has 4 saturated heterocycles. The predicted molar refractivity (Wildman–Crippen MR) is 142 cm³/mol. The van der Waals surface area contributed by atoms with Crippen molar-refractivity contribution < 1.29 is 28.7 Å². The van der Waals surface area contributed by atoms with E-state index in [0.717, 1.165) is 45.3 Å². The summed E-state index contributed by atoms with van der Waals surface area (Å²) in [5.74, 6) is -0.241. The van der Waals surface area contributed by atoms with Crippen LogP contribution in [0.15, 0.2) is 60.7 Å². The number of benzene rings is 2. The molecule has 2 N–H and O–H groups in total. The minimum atomic E-state index is -1.91. The topological polar surface area (TPSA) is 95.9 Å². The van der Waals surface area contributed by atoms with Gasteiger partial charge in [0.1, 0.15) is 6.54 Å². The first kappa shape index (κ1) is 26.4. The Hall–Kier alpha value is -3.23. The maximum Gasteiger partial charge on any atom is 0.348 e. The van der Waals surface area contributed by atoms with Crippen molar-refractivity contribution in [2.45, 2.75) is 43.8 Å². The summed E-state index contributed by atoms with van der Waals surface area (Å²) in [5.41, 5.74) is -0.972.